The number of urea groups is 1. The molecule has 0 saturated heterocycles. The van der Waals surface area contributed by atoms with Crippen LogP contribution in [-0.4, -0.2) is 40.0 Å². The monoisotopic (exact) mass is 357 g/mol. The summed E-state index contributed by atoms with van der Waals surface area (Å²) in [5, 5.41) is 21.9. The second-order valence-corrected chi connectivity index (χ2v) is 4.77. The van der Waals surface area contributed by atoms with Gasteiger partial charge in [-0.25, -0.2) is 4.79 Å². The van der Waals surface area contributed by atoms with Gasteiger partial charge in [-0.15, -0.1) is 6.58 Å². The molecule has 0 atom stereocenters. The van der Waals surface area contributed by atoms with Crippen LogP contribution in [-0.2, 0) is 4.79 Å². The molecule has 0 aliphatic rings. The van der Waals surface area contributed by atoms with E-state index in [2.05, 4.69) is 27.8 Å². The largest absolute Gasteiger partial charge is 0.480 e. The van der Waals surface area contributed by atoms with Crippen molar-refractivity contribution in [3.8, 4) is 0 Å². The minimum absolute atomic E-state index is 0.0384. The van der Waals surface area contributed by atoms with E-state index in [1.54, 1.807) is 0 Å². The standard InChI is InChI=1S/C12H12BrN3O5/c1-2-5-15(7-11(17)18)12(19)14-8-3-4-9(13)10(6-8)16(20)21/h2-4,6H,1,5,7H2,(H,14,19)(H,17,18). The van der Waals surface area contributed by atoms with E-state index in [1.165, 1.54) is 24.3 Å². The number of carbonyl (C=O) groups excluding carboxylic acids is 1. The first kappa shape index (κ1) is 16.6. The first-order chi connectivity index (χ1) is 9.85. The van der Waals surface area contributed by atoms with Crippen LogP contribution in [0.3, 0.4) is 0 Å². The molecule has 2 N–H and O–H groups in total. The number of amides is 2. The van der Waals surface area contributed by atoms with E-state index in [0.717, 1.165) is 4.90 Å². The number of hydrogen-bond acceptors (Lipinski definition) is 4. The number of carboxylic acids is 1. The number of aliphatic carboxylic acids is 1. The van der Waals surface area contributed by atoms with Crippen molar-refractivity contribution < 1.29 is 19.6 Å². The van der Waals surface area contributed by atoms with Crippen LogP contribution in [0.4, 0.5) is 16.2 Å². The summed E-state index contributed by atoms with van der Waals surface area (Å²) < 4.78 is 0.277. The fourth-order valence-electron chi connectivity index (χ4n) is 1.47. The zero-order valence-corrected chi connectivity index (χ0v) is 12.4. The Kier molecular flexibility index (Phi) is 5.85. The highest BCUT2D eigenvalue weighted by Gasteiger charge is 2.18. The molecule has 1 aromatic rings. The van der Waals surface area contributed by atoms with Crippen molar-refractivity contribution in [1.29, 1.82) is 0 Å². The summed E-state index contributed by atoms with van der Waals surface area (Å²) in [5.74, 6) is -1.17. The molecule has 0 bridgehead atoms. The highest BCUT2D eigenvalue weighted by molar-refractivity contribution is 9.10. The molecule has 9 heteroatoms. The van der Waals surface area contributed by atoms with Crippen LogP contribution in [0.2, 0.25) is 0 Å². The number of carbonyl (C=O) groups is 2. The Morgan fingerprint density at radius 1 is 1.52 bits per heavy atom. The summed E-state index contributed by atoms with van der Waals surface area (Å²) in [5.41, 5.74) is -0.0179. The molecule has 0 saturated carbocycles. The molecule has 112 valence electrons. The van der Waals surface area contributed by atoms with Crippen molar-refractivity contribution in [2.45, 2.75) is 0 Å². The SMILES string of the molecule is C=CCN(CC(=O)O)C(=O)Nc1ccc(Br)c([N+](=O)[O-])c1. The van der Waals surface area contributed by atoms with Crippen molar-refractivity contribution in [2.75, 3.05) is 18.4 Å². The molecule has 0 aliphatic carbocycles. The summed E-state index contributed by atoms with van der Waals surface area (Å²) in [6.07, 6.45) is 1.38. The van der Waals surface area contributed by atoms with Gasteiger partial charge < -0.3 is 15.3 Å². The lowest BCUT2D eigenvalue weighted by molar-refractivity contribution is -0.385. The van der Waals surface area contributed by atoms with Gasteiger partial charge in [0.25, 0.3) is 5.69 Å². The van der Waals surface area contributed by atoms with Gasteiger partial charge in [-0.2, -0.15) is 0 Å². The number of nitro benzene ring substituents is 1. The van der Waals surface area contributed by atoms with Crippen LogP contribution < -0.4 is 5.32 Å². The second kappa shape index (κ2) is 7.39. The summed E-state index contributed by atoms with van der Waals surface area (Å²) in [6, 6.07) is 3.37. The summed E-state index contributed by atoms with van der Waals surface area (Å²) in [7, 11) is 0. The Bertz CT molecular complexity index is 590. The third kappa shape index (κ3) is 4.88. The molecular formula is C12H12BrN3O5. The fraction of sp³-hybridized carbons (Fsp3) is 0.167. The van der Waals surface area contributed by atoms with Gasteiger partial charge >= 0.3 is 12.0 Å². The molecule has 0 unspecified atom stereocenters. The minimum atomic E-state index is -1.17. The average molecular weight is 358 g/mol. The average Bonchev–Trinajstić information content (AvgIpc) is 2.39. The van der Waals surface area contributed by atoms with Gasteiger partial charge in [0.05, 0.1) is 9.40 Å². The predicted molar refractivity (Wildman–Crippen MR) is 79.2 cm³/mol. The lowest BCUT2D eigenvalue weighted by atomic mass is 10.3. The van der Waals surface area contributed by atoms with Gasteiger partial charge in [0.1, 0.15) is 6.54 Å². The number of benzene rings is 1. The van der Waals surface area contributed by atoms with E-state index in [0.29, 0.717) is 0 Å². The normalized spacial score (nSPS) is 9.76. The third-order valence-electron chi connectivity index (χ3n) is 2.36. The highest BCUT2D eigenvalue weighted by atomic mass is 79.9. The number of carboxylic acid groups (broad SMARTS) is 1. The van der Waals surface area contributed by atoms with Gasteiger partial charge in [-0.05, 0) is 28.1 Å². The molecule has 0 heterocycles. The molecule has 21 heavy (non-hydrogen) atoms. The van der Waals surface area contributed by atoms with Crippen LogP contribution in [0, 0.1) is 10.1 Å². The quantitative estimate of drug-likeness (QED) is 0.461. The number of nitrogens with zero attached hydrogens (tertiary/aromatic N) is 2. The maximum absolute atomic E-state index is 11.9. The number of hydrogen-bond donors (Lipinski definition) is 2. The van der Waals surface area contributed by atoms with Crippen molar-refractivity contribution in [3.05, 3.63) is 45.4 Å². The fourth-order valence-corrected chi connectivity index (χ4v) is 1.86. The summed E-state index contributed by atoms with van der Waals surface area (Å²) in [4.78, 5) is 33.8. The van der Waals surface area contributed by atoms with Crippen LogP contribution >= 0.6 is 15.9 Å². The smallest absolute Gasteiger partial charge is 0.323 e. The summed E-state index contributed by atoms with van der Waals surface area (Å²) in [6.45, 7) is 2.97. The zero-order chi connectivity index (χ0) is 16.0. The van der Waals surface area contributed by atoms with Crippen molar-refractivity contribution in [2.24, 2.45) is 0 Å². The van der Waals surface area contributed by atoms with Gasteiger partial charge in [-0.3, -0.25) is 14.9 Å². The Hall–Kier alpha value is -2.42. The molecule has 0 fully saturated rings. The zero-order valence-electron chi connectivity index (χ0n) is 10.8. The van der Waals surface area contributed by atoms with E-state index in [4.69, 9.17) is 5.11 Å². The number of nitrogens with one attached hydrogen (secondary N) is 1. The first-order valence-corrected chi connectivity index (χ1v) is 6.47. The Balaban J connectivity index is 2.90. The molecule has 8 nitrogen and oxygen atoms in total. The molecular weight excluding hydrogens is 346 g/mol. The van der Waals surface area contributed by atoms with E-state index in [9.17, 15) is 19.7 Å². The van der Waals surface area contributed by atoms with E-state index < -0.39 is 23.5 Å². The molecule has 1 rings (SSSR count). The number of halogens is 1. The van der Waals surface area contributed by atoms with Gasteiger partial charge in [0.15, 0.2) is 0 Å². The minimum Gasteiger partial charge on any atom is -0.480 e. The van der Waals surface area contributed by atoms with E-state index in [-0.39, 0.29) is 22.4 Å². The lowest BCUT2D eigenvalue weighted by Gasteiger charge is -2.19. The van der Waals surface area contributed by atoms with Crippen LogP contribution in [0.15, 0.2) is 35.3 Å². The second-order valence-electron chi connectivity index (χ2n) is 3.92. The number of nitro groups is 1. The Labute approximate surface area is 128 Å². The highest BCUT2D eigenvalue weighted by Crippen LogP contribution is 2.27. The van der Waals surface area contributed by atoms with Crippen LogP contribution in [0.5, 0.6) is 0 Å². The van der Waals surface area contributed by atoms with Gasteiger partial charge in [0.2, 0.25) is 0 Å². The van der Waals surface area contributed by atoms with E-state index >= 15 is 0 Å². The molecule has 0 radical (unpaired) electrons. The molecule has 1 aromatic carbocycles. The van der Waals surface area contributed by atoms with Crippen LogP contribution in [0.1, 0.15) is 0 Å². The Morgan fingerprint density at radius 3 is 2.71 bits per heavy atom. The topological polar surface area (TPSA) is 113 Å². The van der Waals surface area contributed by atoms with Crippen LogP contribution in [0.25, 0.3) is 0 Å². The molecule has 2 amide bonds. The molecule has 0 aliphatic heterocycles. The Morgan fingerprint density at radius 2 is 2.19 bits per heavy atom. The lowest BCUT2D eigenvalue weighted by Crippen LogP contribution is -2.38. The van der Waals surface area contributed by atoms with Crippen molar-refractivity contribution >= 4 is 39.3 Å². The maximum Gasteiger partial charge on any atom is 0.323 e. The van der Waals surface area contributed by atoms with Crippen molar-refractivity contribution in [1.82, 2.24) is 4.90 Å². The van der Waals surface area contributed by atoms with Gasteiger partial charge in [-0.1, -0.05) is 6.08 Å². The molecule has 0 spiro atoms. The number of rotatable bonds is 6. The summed E-state index contributed by atoms with van der Waals surface area (Å²) >= 11 is 3.03. The van der Waals surface area contributed by atoms with Gasteiger partial charge in [0, 0.05) is 18.3 Å². The maximum atomic E-state index is 11.9. The predicted octanol–water partition coefficient (Wildman–Crippen LogP) is 2.46. The van der Waals surface area contributed by atoms with Crippen molar-refractivity contribution in [3.63, 3.8) is 0 Å². The number of anilines is 1. The first-order valence-electron chi connectivity index (χ1n) is 5.67. The van der Waals surface area contributed by atoms with E-state index in [1.807, 2.05) is 0 Å². The molecule has 0 aromatic heterocycles. The third-order valence-corrected chi connectivity index (χ3v) is 3.03.